The van der Waals surface area contributed by atoms with Crippen molar-refractivity contribution in [3.05, 3.63) is 83.3 Å². The first-order valence-electron chi connectivity index (χ1n) is 9.24. The lowest BCUT2D eigenvalue weighted by Gasteiger charge is -2.08. The van der Waals surface area contributed by atoms with Crippen LogP contribution in [0.1, 0.15) is 22.4 Å². The maximum Gasteiger partial charge on any atom is 0.219 e. The normalized spacial score (nSPS) is 10.9. The molecule has 7 heteroatoms. The predicted molar refractivity (Wildman–Crippen MR) is 127 cm³/mol. The van der Waals surface area contributed by atoms with E-state index < -0.39 is 0 Å². The summed E-state index contributed by atoms with van der Waals surface area (Å²) in [5.41, 5.74) is 10.4. The molecule has 0 aliphatic carbocycles. The van der Waals surface area contributed by atoms with Crippen LogP contribution in [-0.4, -0.2) is 22.5 Å². The summed E-state index contributed by atoms with van der Waals surface area (Å²) in [6.07, 6.45) is 4.29. The second kappa shape index (κ2) is 11.4. The molecule has 2 heterocycles. The van der Waals surface area contributed by atoms with Crippen LogP contribution < -0.4 is 15.8 Å². The monoisotopic (exact) mass is 503 g/mol. The van der Waals surface area contributed by atoms with Gasteiger partial charge in [0, 0.05) is 37.1 Å². The number of hydrogen-bond donors (Lipinski definition) is 2. The third kappa shape index (κ3) is 7.34. The number of benzene rings is 1. The molecule has 0 radical (unpaired) electrons. The first-order chi connectivity index (χ1) is 13.6. The Morgan fingerprint density at radius 2 is 1.90 bits per heavy atom. The average Bonchev–Trinajstić information content (AvgIpc) is 2.70. The molecule has 0 spiro atoms. The summed E-state index contributed by atoms with van der Waals surface area (Å²) in [6.45, 7) is 5.27. The lowest BCUT2D eigenvalue weighted by Crippen LogP contribution is -2.33. The van der Waals surface area contributed by atoms with Gasteiger partial charge in [-0.1, -0.05) is 12.1 Å². The number of aromatic nitrogens is 2. The second-order valence-corrected chi connectivity index (χ2v) is 6.55. The number of nitrogens with one attached hydrogen (secondary N) is 1. The minimum Gasteiger partial charge on any atom is -0.439 e. The highest BCUT2D eigenvalue weighted by atomic mass is 127. The van der Waals surface area contributed by atoms with E-state index in [1.165, 1.54) is 11.1 Å². The summed E-state index contributed by atoms with van der Waals surface area (Å²) in [5.74, 6) is 1.72. The van der Waals surface area contributed by atoms with Crippen molar-refractivity contribution in [2.75, 3.05) is 6.54 Å². The maximum atomic E-state index is 5.95. The number of nitrogens with zero attached hydrogens (tertiary/aromatic N) is 3. The summed E-state index contributed by atoms with van der Waals surface area (Å²) in [4.78, 5) is 12.9. The fraction of sp³-hybridized carbons (Fsp3) is 0.227. The standard InChI is InChI=1S/C22H25N5O.HI/c1-16-6-7-20(13-17(16)2)28-21-14-18(8-11-25-21)15-27-22(23)26-12-9-19-5-3-4-10-24-19;/h3-8,10-11,13-14H,9,12,15H2,1-2H3,(H3,23,26,27);1H. The molecular formula is C22H26IN5O. The van der Waals surface area contributed by atoms with Crippen LogP contribution in [0.4, 0.5) is 0 Å². The van der Waals surface area contributed by atoms with Crippen molar-refractivity contribution in [2.24, 2.45) is 10.7 Å². The van der Waals surface area contributed by atoms with Crippen LogP contribution in [-0.2, 0) is 13.0 Å². The smallest absolute Gasteiger partial charge is 0.219 e. The Morgan fingerprint density at radius 1 is 1.03 bits per heavy atom. The number of pyridine rings is 2. The fourth-order valence-electron chi connectivity index (χ4n) is 2.60. The van der Waals surface area contributed by atoms with Gasteiger partial charge in [0.15, 0.2) is 5.96 Å². The van der Waals surface area contributed by atoms with Gasteiger partial charge in [-0.05, 0) is 60.9 Å². The molecule has 1 aromatic carbocycles. The molecule has 0 saturated heterocycles. The van der Waals surface area contributed by atoms with E-state index in [0.29, 0.717) is 24.9 Å². The molecule has 6 nitrogen and oxygen atoms in total. The molecule has 0 atom stereocenters. The summed E-state index contributed by atoms with van der Waals surface area (Å²) in [5, 5.41) is 3.11. The van der Waals surface area contributed by atoms with Gasteiger partial charge in [-0.25, -0.2) is 9.98 Å². The number of hydrogen-bond acceptors (Lipinski definition) is 4. The maximum absolute atomic E-state index is 5.95. The van der Waals surface area contributed by atoms with Gasteiger partial charge < -0.3 is 15.8 Å². The number of nitrogens with two attached hydrogens (primary N) is 1. The first kappa shape index (κ1) is 22.6. The second-order valence-electron chi connectivity index (χ2n) is 6.55. The zero-order valence-electron chi connectivity index (χ0n) is 16.6. The third-order valence-electron chi connectivity index (χ3n) is 4.35. The Morgan fingerprint density at radius 3 is 2.66 bits per heavy atom. The van der Waals surface area contributed by atoms with Crippen LogP contribution in [0, 0.1) is 13.8 Å². The van der Waals surface area contributed by atoms with Gasteiger partial charge in [-0.3, -0.25) is 4.98 Å². The van der Waals surface area contributed by atoms with Crippen molar-refractivity contribution in [1.29, 1.82) is 0 Å². The first-order valence-corrected chi connectivity index (χ1v) is 9.24. The Hall–Kier alpha value is -2.68. The quantitative estimate of drug-likeness (QED) is 0.288. The van der Waals surface area contributed by atoms with Gasteiger partial charge in [-0.15, -0.1) is 24.0 Å². The summed E-state index contributed by atoms with van der Waals surface area (Å²) < 4.78 is 5.86. The Labute approximate surface area is 188 Å². The van der Waals surface area contributed by atoms with Gasteiger partial charge in [-0.2, -0.15) is 0 Å². The van der Waals surface area contributed by atoms with E-state index in [9.17, 15) is 0 Å². The SMILES string of the molecule is Cc1ccc(Oc2cc(CN=C(N)NCCc3ccccn3)ccn2)cc1C.I. The number of aliphatic imine (C=N–C) groups is 1. The van der Waals surface area contributed by atoms with Gasteiger partial charge >= 0.3 is 0 Å². The van der Waals surface area contributed by atoms with Crippen molar-refractivity contribution in [3.8, 4) is 11.6 Å². The van der Waals surface area contributed by atoms with Crippen LogP contribution in [0.5, 0.6) is 11.6 Å². The topological polar surface area (TPSA) is 85.4 Å². The summed E-state index contributed by atoms with van der Waals surface area (Å²) in [6, 6.07) is 15.6. The van der Waals surface area contributed by atoms with Crippen LogP contribution in [0.3, 0.4) is 0 Å². The number of ether oxygens (including phenoxy) is 1. The van der Waals surface area contributed by atoms with E-state index in [0.717, 1.165) is 23.4 Å². The van der Waals surface area contributed by atoms with Gasteiger partial charge in [0.2, 0.25) is 5.88 Å². The molecule has 3 rings (SSSR count). The van der Waals surface area contributed by atoms with Crippen LogP contribution >= 0.6 is 24.0 Å². The van der Waals surface area contributed by atoms with Crippen molar-refractivity contribution in [2.45, 2.75) is 26.8 Å². The number of guanidine groups is 1. The van der Waals surface area contributed by atoms with Crippen LogP contribution in [0.15, 0.2) is 65.9 Å². The fourth-order valence-corrected chi connectivity index (χ4v) is 2.60. The highest BCUT2D eigenvalue weighted by Crippen LogP contribution is 2.22. The van der Waals surface area contributed by atoms with E-state index in [-0.39, 0.29) is 24.0 Å². The summed E-state index contributed by atoms with van der Waals surface area (Å²) >= 11 is 0. The van der Waals surface area contributed by atoms with Crippen LogP contribution in [0.2, 0.25) is 0 Å². The molecule has 0 bridgehead atoms. The van der Waals surface area contributed by atoms with E-state index in [1.54, 1.807) is 12.4 Å². The van der Waals surface area contributed by atoms with Gasteiger partial charge in [0.05, 0.1) is 6.54 Å². The number of aryl methyl sites for hydroxylation is 2. The summed E-state index contributed by atoms with van der Waals surface area (Å²) in [7, 11) is 0. The predicted octanol–water partition coefficient (Wildman–Crippen LogP) is 4.15. The zero-order valence-corrected chi connectivity index (χ0v) is 19.0. The minimum absolute atomic E-state index is 0. The van der Waals surface area contributed by atoms with Gasteiger partial charge in [0.25, 0.3) is 0 Å². The third-order valence-corrected chi connectivity index (χ3v) is 4.35. The lowest BCUT2D eigenvalue weighted by molar-refractivity contribution is 0.461. The van der Waals surface area contributed by atoms with E-state index in [1.807, 2.05) is 48.5 Å². The molecule has 0 saturated carbocycles. The highest BCUT2D eigenvalue weighted by Gasteiger charge is 2.03. The van der Waals surface area contributed by atoms with Crippen molar-refractivity contribution < 1.29 is 4.74 Å². The molecule has 0 amide bonds. The molecule has 0 fully saturated rings. The molecule has 3 aromatic rings. The zero-order chi connectivity index (χ0) is 19.8. The highest BCUT2D eigenvalue weighted by molar-refractivity contribution is 14.0. The number of halogens is 1. The molecule has 0 unspecified atom stereocenters. The lowest BCUT2D eigenvalue weighted by atomic mass is 10.1. The van der Waals surface area contributed by atoms with E-state index >= 15 is 0 Å². The molecule has 2 aromatic heterocycles. The molecule has 0 aliphatic heterocycles. The molecule has 3 N–H and O–H groups in total. The van der Waals surface area contributed by atoms with Crippen molar-refractivity contribution in [3.63, 3.8) is 0 Å². The Balaban J connectivity index is 0.00000300. The average molecular weight is 503 g/mol. The van der Waals surface area contributed by atoms with E-state index in [4.69, 9.17) is 10.5 Å². The molecule has 0 aliphatic rings. The van der Waals surface area contributed by atoms with Gasteiger partial charge in [0.1, 0.15) is 5.75 Å². The number of rotatable bonds is 7. The van der Waals surface area contributed by atoms with Crippen LogP contribution in [0.25, 0.3) is 0 Å². The minimum atomic E-state index is 0. The van der Waals surface area contributed by atoms with Crippen molar-refractivity contribution in [1.82, 2.24) is 15.3 Å². The van der Waals surface area contributed by atoms with Crippen molar-refractivity contribution >= 4 is 29.9 Å². The molecular weight excluding hydrogens is 477 g/mol. The Bertz CT molecular complexity index is 947. The Kier molecular flexibility index (Phi) is 8.85. The molecule has 29 heavy (non-hydrogen) atoms. The van der Waals surface area contributed by atoms with E-state index in [2.05, 4.69) is 34.1 Å². The largest absolute Gasteiger partial charge is 0.439 e. The molecule has 152 valence electrons.